The van der Waals surface area contributed by atoms with E-state index >= 15 is 0 Å². The average Bonchev–Trinajstić information content (AvgIpc) is 2.63. The van der Waals surface area contributed by atoms with Gasteiger partial charge in [-0.15, -0.1) is 0 Å². The average molecular weight is 359 g/mol. The number of rotatable bonds is 5. The Kier molecular flexibility index (Phi) is 5.39. The fraction of sp³-hybridized carbons (Fsp3) is 0.421. The number of hydrogen-bond donors (Lipinski definition) is 1. The molecule has 0 amide bonds. The van der Waals surface area contributed by atoms with Crippen LogP contribution >= 0.6 is 0 Å². The van der Waals surface area contributed by atoms with E-state index in [-0.39, 0.29) is 6.04 Å². The Morgan fingerprint density at radius 3 is 2.56 bits per heavy atom. The summed E-state index contributed by atoms with van der Waals surface area (Å²) in [6.07, 6.45) is 4.54. The lowest BCUT2D eigenvalue weighted by Crippen LogP contribution is -2.38. The molecule has 1 aliphatic rings. The Morgan fingerprint density at radius 1 is 1.16 bits per heavy atom. The van der Waals surface area contributed by atoms with Crippen molar-refractivity contribution in [1.29, 1.82) is 0 Å². The minimum Gasteiger partial charge on any atom is -0.370 e. The van der Waals surface area contributed by atoms with E-state index in [0.717, 1.165) is 42.8 Å². The van der Waals surface area contributed by atoms with E-state index in [1.807, 2.05) is 38.1 Å². The molecule has 0 spiro atoms. The highest BCUT2D eigenvalue weighted by atomic mass is 32.2. The maximum atomic E-state index is 13.1. The Morgan fingerprint density at radius 2 is 1.92 bits per heavy atom. The SMILES string of the molecule is CCNc1ccc([C@@H]2CCCCN2S(=O)(=O)c2ccc(C)cc2)cn1. The fourth-order valence-electron chi connectivity index (χ4n) is 3.26. The lowest BCUT2D eigenvalue weighted by molar-refractivity contribution is 0.255. The van der Waals surface area contributed by atoms with Crippen LogP contribution in [0.3, 0.4) is 0 Å². The largest absolute Gasteiger partial charge is 0.370 e. The molecule has 0 saturated carbocycles. The molecule has 2 aromatic rings. The molecule has 5 nitrogen and oxygen atoms in total. The molecule has 1 atom stereocenters. The van der Waals surface area contributed by atoms with E-state index in [0.29, 0.717) is 11.4 Å². The highest BCUT2D eigenvalue weighted by Gasteiger charge is 2.34. The van der Waals surface area contributed by atoms with Gasteiger partial charge in [0.05, 0.1) is 10.9 Å². The quantitative estimate of drug-likeness (QED) is 0.883. The summed E-state index contributed by atoms with van der Waals surface area (Å²) in [6, 6.07) is 10.8. The third kappa shape index (κ3) is 3.85. The number of aryl methyl sites for hydroxylation is 1. The van der Waals surface area contributed by atoms with Crippen LogP contribution in [0.25, 0.3) is 0 Å². The summed E-state index contributed by atoms with van der Waals surface area (Å²) in [5.41, 5.74) is 2.01. The number of piperidine rings is 1. The van der Waals surface area contributed by atoms with Crippen molar-refractivity contribution in [1.82, 2.24) is 9.29 Å². The van der Waals surface area contributed by atoms with Crippen molar-refractivity contribution >= 4 is 15.8 Å². The highest BCUT2D eigenvalue weighted by molar-refractivity contribution is 7.89. The second-order valence-corrected chi connectivity index (χ2v) is 8.34. The number of hydrogen-bond acceptors (Lipinski definition) is 4. The van der Waals surface area contributed by atoms with Crippen molar-refractivity contribution in [3.8, 4) is 0 Å². The number of nitrogens with one attached hydrogen (secondary N) is 1. The number of benzene rings is 1. The first-order chi connectivity index (χ1) is 12.0. The third-order valence-electron chi connectivity index (χ3n) is 4.61. The van der Waals surface area contributed by atoms with Crippen molar-refractivity contribution in [2.24, 2.45) is 0 Å². The predicted molar refractivity (Wildman–Crippen MR) is 100 cm³/mol. The molecular weight excluding hydrogens is 334 g/mol. The van der Waals surface area contributed by atoms with Crippen LogP contribution in [-0.2, 0) is 10.0 Å². The van der Waals surface area contributed by atoms with Gasteiger partial charge in [0.1, 0.15) is 5.82 Å². The first-order valence-corrected chi connectivity index (χ1v) is 10.2. The van der Waals surface area contributed by atoms with Gasteiger partial charge in [-0.3, -0.25) is 0 Å². The van der Waals surface area contributed by atoms with Crippen LogP contribution < -0.4 is 5.32 Å². The number of aromatic nitrogens is 1. The monoisotopic (exact) mass is 359 g/mol. The van der Waals surface area contributed by atoms with Gasteiger partial charge in [0.25, 0.3) is 0 Å². The van der Waals surface area contributed by atoms with Gasteiger partial charge < -0.3 is 5.32 Å². The predicted octanol–water partition coefficient (Wildman–Crippen LogP) is 3.74. The van der Waals surface area contributed by atoms with E-state index in [2.05, 4.69) is 10.3 Å². The summed E-state index contributed by atoms with van der Waals surface area (Å²) < 4.78 is 27.9. The van der Waals surface area contributed by atoms with Gasteiger partial charge in [-0.25, -0.2) is 13.4 Å². The molecule has 2 heterocycles. The minimum absolute atomic E-state index is 0.150. The number of anilines is 1. The molecular formula is C19H25N3O2S. The van der Waals surface area contributed by atoms with Crippen molar-refractivity contribution in [2.45, 2.75) is 44.0 Å². The Hall–Kier alpha value is -1.92. The summed E-state index contributed by atoms with van der Waals surface area (Å²) >= 11 is 0. The zero-order valence-corrected chi connectivity index (χ0v) is 15.6. The highest BCUT2D eigenvalue weighted by Crippen LogP contribution is 2.35. The van der Waals surface area contributed by atoms with Crippen LogP contribution in [0, 0.1) is 6.92 Å². The van der Waals surface area contributed by atoms with Crippen LogP contribution in [0.1, 0.15) is 43.4 Å². The van der Waals surface area contributed by atoms with Gasteiger partial charge in [-0.1, -0.05) is 30.2 Å². The minimum atomic E-state index is -3.51. The Labute approximate surface area is 150 Å². The lowest BCUT2D eigenvalue weighted by atomic mass is 9.99. The molecule has 25 heavy (non-hydrogen) atoms. The Balaban J connectivity index is 1.91. The summed E-state index contributed by atoms with van der Waals surface area (Å²) in [4.78, 5) is 4.78. The number of pyridine rings is 1. The van der Waals surface area contributed by atoms with Crippen LogP contribution in [0.15, 0.2) is 47.5 Å². The third-order valence-corrected chi connectivity index (χ3v) is 6.53. The molecule has 0 aliphatic carbocycles. The fourth-order valence-corrected chi connectivity index (χ4v) is 4.94. The molecule has 6 heteroatoms. The van der Waals surface area contributed by atoms with Gasteiger partial charge >= 0.3 is 0 Å². The Bertz CT molecular complexity index is 802. The van der Waals surface area contributed by atoms with Crippen LogP contribution in [0.4, 0.5) is 5.82 Å². The molecule has 0 bridgehead atoms. The smallest absolute Gasteiger partial charge is 0.243 e. The van der Waals surface area contributed by atoms with Crippen molar-refractivity contribution in [2.75, 3.05) is 18.4 Å². The molecule has 0 unspecified atom stereocenters. The second kappa shape index (κ2) is 7.54. The molecule has 0 radical (unpaired) electrons. The van der Waals surface area contributed by atoms with Gasteiger partial charge in [-0.05, 0) is 50.5 Å². The molecule has 1 N–H and O–H groups in total. The first-order valence-electron chi connectivity index (χ1n) is 8.80. The molecule has 1 aromatic heterocycles. The number of nitrogens with zero attached hydrogens (tertiary/aromatic N) is 2. The maximum Gasteiger partial charge on any atom is 0.243 e. The number of sulfonamides is 1. The van der Waals surface area contributed by atoms with E-state index in [1.54, 1.807) is 22.6 Å². The van der Waals surface area contributed by atoms with E-state index in [1.165, 1.54) is 0 Å². The molecule has 3 rings (SSSR count). The van der Waals surface area contributed by atoms with Gasteiger partial charge in [0.2, 0.25) is 10.0 Å². The van der Waals surface area contributed by atoms with Crippen molar-refractivity contribution < 1.29 is 8.42 Å². The van der Waals surface area contributed by atoms with Crippen molar-refractivity contribution in [3.63, 3.8) is 0 Å². The first kappa shape index (κ1) is 17.9. The van der Waals surface area contributed by atoms with Gasteiger partial charge in [0, 0.05) is 19.3 Å². The van der Waals surface area contributed by atoms with Crippen LogP contribution in [0.5, 0.6) is 0 Å². The zero-order chi connectivity index (χ0) is 17.9. The van der Waals surface area contributed by atoms with Crippen LogP contribution in [0.2, 0.25) is 0 Å². The van der Waals surface area contributed by atoms with Gasteiger partial charge in [0.15, 0.2) is 0 Å². The summed E-state index contributed by atoms with van der Waals surface area (Å²) in [5.74, 6) is 0.815. The van der Waals surface area contributed by atoms with E-state index < -0.39 is 10.0 Å². The molecule has 1 saturated heterocycles. The van der Waals surface area contributed by atoms with E-state index in [9.17, 15) is 8.42 Å². The molecule has 134 valence electrons. The van der Waals surface area contributed by atoms with E-state index in [4.69, 9.17) is 0 Å². The maximum absolute atomic E-state index is 13.1. The molecule has 1 fully saturated rings. The molecule has 1 aromatic carbocycles. The summed E-state index contributed by atoms with van der Waals surface area (Å²) in [7, 11) is -3.51. The van der Waals surface area contributed by atoms with Gasteiger partial charge in [-0.2, -0.15) is 4.31 Å². The van der Waals surface area contributed by atoms with Crippen molar-refractivity contribution in [3.05, 3.63) is 53.7 Å². The zero-order valence-electron chi connectivity index (χ0n) is 14.8. The lowest BCUT2D eigenvalue weighted by Gasteiger charge is -2.35. The summed E-state index contributed by atoms with van der Waals surface area (Å²) in [6.45, 7) is 5.34. The molecule has 1 aliphatic heterocycles. The summed E-state index contributed by atoms with van der Waals surface area (Å²) in [5, 5.41) is 3.17. The second-order valence-electron chi connectivity index (χ2n) is 6.45. The standard InChI is InChI=1S/C19H25N3O2S/c1-3-20-19-12-9-16(14-21-19)18-6-4-5-13-22(18)25(23,24)17-10-7-15(2)8-11-17/h7-12,14,18H,3-6,13H2,1-2H3,(H,20,21)/t18-/m0/s1. The normalized spacial score (nSPS) is 18.9. The van der Waals surface area contributed by atoms with Crippen LogP contribution in [-0.4, -0.2) is 30.8 Å². The topological polar surface area (TPSA) is 62.3 Å².